The third-order valence-electron chi connectivity index (χ3n) is 2.39. The molecule has 0 amide bonds. The monoisotopic (exact) mass is 289 g/mol. The van der Waals surface area contributed by atoms with Crippen LogP contribution in [0.25, 0.3) is 0 Å². The molecule has 0 saturated heterocycles. The molecule has 0 spiro atoms. The summed E-state index contributed by atoms with van der Waals surface area (Å²) in [6.45, 7) is 4.83. The molecule has 1 aromatic carbocycles. The highest BCUT2D eigenvalue weighted by Crippen LogP contribution is 2.27. The molecule has 0 aliphatic rings. The van der Waals surface area contributed by atoms with Gasteiger partial charge >= 0.3 is 5.97 Å². The zero-order valence-electron chi connectivity index (χ0n) is 10.5. The average molecular weight is 290 g/mol. The van der Waals surface area contributed by atoms with Gasteiger partial charge in [-0.25, -0.2) is 4.79 Å². The van der Waals surface area contributed by atoms with Crippen molar-refractivity contribution in [2.75, 3.05) is 13.2 Å². The third-order valence-corrected chi connectivity index (χ3v) is 2.97. The van der Waals surface area contributed by atoms with Gasteiger partial charge in [-0.05, 0) is 38.1 Å². The van der Waals surface area contributed by atoms with Gasteiger partial charge in [0, 0.05) is 15.6 Å². The van der Waals surface area contributed by atoms with Crippen molar-refractivity contribution in [2.45, 2.75) is 26.3 Å². The number of nitrogens with one attached hydrogen (secondary N) is 1. The van der Waals surface area contributed by atoms with Gasteiger partial charge in [0.2, 0.25) is 0 Å². The van der Waals surface area contributed by atoms with Gasteiger partial charge in [0.25, 0.3) is 0 Å². The fourth-order valence-electron chi connectivity index (χ4n) is 1.57. The highest BCUT2D eigenvalue weighted by atomic mass is 35.5. The van der Waals surface area contributed by atoms with Gasteiger partial charge < -0.3 is 10.1 Å². The van der Waals surface area contributed by atoms with Crippen LogP contribution in [0.3, 0.4) is 0 Å². The second kappa shape index (κ2) is 7.62. The van der Waals surface area contributed by atoms with Crippen molar-refractivity contribution in [1.29, 1.82) is 0 Å². The normalized spacial score (nSPS) is 12.2. The van der Waals surface area contributed by atoms with Crippen molar-refractivity contribution in [3.8, 4) is 0 Å². The number of carbonyl (C=O) groups is 1. The smallest absolute Gasteiger partial charge is 0.327 e. The van der Waals surface area contributed by atoms with Crippen LogP contribution in [0.5, 0.6) is 0 Å². The van der Waals surface area contributed by atoms with Gasteiger partial charge in [0.15, 0.2) is 0 Å². The second-order valence-electron chi connectivity index (χ2n) is 3.81. The third kappa shape index (κ3) is 4.16. The van der Waals surface area contributed by atoms with Crippen molar-refractivity contribution in [3.63, 3.8) is 0 Å². The fraction of sp³-hybridized carbons (Fsp3) is 0.462. The molecule has 0 aliphatic carbocycles. The molecule has 0 fully saturated rings. The van der Waals surface area contributed by atoms with Crippen LogP contribution >= 0.6 is 23.2 Å². The molecule has 1 atom stereocenters. The maximum Gasteiger partial charge on any atom is 0.327 e. The summed E-state index contributed by atoms with van der Waals surface area (Å²) in [6, 6.07) is 4.49. The zero-order valence-corrected chi connectivity index (χ0v) is 12.0. The number of carbonyl (C=O) groups excluding carboxylic acids is 1. The van der Waals surface area contributed by atoms with Crippen LogP contribution in [-0.4, -0.2) is 19.1 Å². The van der Waals surface area contributed by atoms with Crippen LogP contribution in [0.1, 0.15) is 31.9 Å². The van der Waals surface area contributed by atoms with E-state index in [-0.39, 0.29) is 5.97 Å². The molecule has 18 heavy (non-hydrogen) atoms. The lowest BCUT2D eigenvalue weighted by atomic mass is 10.1. The topological polar surface area (TPSA) is 38.3 Å². The lowest BCUT2D eigenvalue weighted by molar-refractivity contribution is -0.145. The molecule has 3 nitrogen and oxygen atoms in total. The van der Waals surface area contributed by atoms with Crippen LogP contribution in [-0.2, 0) is 9.53 Å². The van der Waals surface area contributed by atoms with Gasteiger partial charge in [0.1, 0.15) is 6.04 Å². The van der Waals surface area contributed by atoms with E-state index < -0.39 is 6.04 Å². The van der Waals surface area contributed by atoms with Crippen LogP contribution in [0.2, 0.25) is 10.0 Å². The van der Waals surface area contributed by atoms with Crippen molar-refractivity contribution in [2.24, 2.45) is 0 Å². The minimum absolute atomic E-state index is 0.335. The highest BCUT2D eigenvalue weighted by molar-refractivity contribution is 6.33. The quantitative estimate of drug-likeness (QED) is 0.814. The maximum atomic E-state index is 11.9. The molecule has 0 radical (unpaired) electrons. The number of esters is 1. The summed E-state index contributed by atoms with van der Waals surface area (Å²) in [5, 5.41) is 4.17. The summed E-state index contributed by atoms with van der Waals surface area (Å²) in [7, 11) is 0. The first-order valence-corrected chi connectivity index (χ1v) is 6.70. The first-order valence-electron chi connectivity index (χ1n) is 5.95. The second-order valence-corrected chi connectivity index (χ2v) is 4.65. The van der Waals surface area contributed by atoms with Crippen LogP contribution in [0, 0.1) is 0 Å². The van der Waals surface area contributed by atoms with Crippen molar-refractivity contribution in [3.05, 3.63) is 33.8 Å². The van der Waals surface area contributed by atoms with E-state index in [2.05, 4.69) is 5.32 Å². The number of hydrogen-bond donors (Lipinski definition) is 1. The molecule has 1 aromatic rings. The molecule has 5 heteroatoms. The van der Waals surface area contributed by atoms with Crippen molar-refractivity contribution in [1.82, 2.24) is 5.32 Å². The van der Waals surface area contributed by atoms with Gasteiger partial charge in [-0.15, -0.1) is 0 Å². The van der Waals surface area contributed by atoms with E-state index in [4.69, 9.17) is 27.9 Å². The lowest BCUT2D eigenvalue weighted by Gasteiger charge is -2.18. The van der Waals surface area contributed by atoms with Crippen molar-refractivity contribution < 1.29 is 9.53 Å². The Morgan fingerprint density at radius 2 is 2.11 bits per heavy atom. The number of halogens is 2. The lowest BCUT2D eigenvalue weighted by Crippen LogP contribution is -2.31. The Morgan fingerprint density at radius 3 is 2.72 bits per heavy atom. The number of ether oxygens (including phenoxy) is 1. The van der Waals surface area contributed by atoms with E-state index in [9.17, 15) is 4.79 Å². The predicted molar refractivity (Wildman–Crippen MR) is 74.1 cm³/mol. The molecule has 1 rings (SSSR count). The maximum absolute atomic E-state index is 11.9. The number of hydrogen-bond acceptors (Lipinski definition) is 3. The van der Waals surface area contributed by atoms with Crippen LogP contribution in [0.4, 0.5) is 0 Å². The number of rotatable bonds is 6. The molecular weight excluding hydrogens is 273 g/mol. The summed E-state index contributed by atoms with van der Waals surface area (Å²) in [5.74, 6) is -0.338. The SMILES string of the molecule is CCCNC(C(=O)OCC)c1cc(Cl)ccc1Cl. The van der Waals surface area contributed by atoms with Crippen LogP contribution in [0.15, 0.2) is 18.2 Å². The molecule has 100 valence electrons. The molecule has 1 unspecified atom stereocenters. The van der Waals surface area contributed by atoms with Crippen LogP contribution < -0.4 is 5.32 Å². The summed E-state index contributed by atoms with van der Waals surface area (Å²) in [5.41, 5.74) is 0.649. The predicted octanol–water partition coefficient (Wildman–Crippen LogP) is 3.60. The Balaban J connectivity index is 3.00. The van der Waals surface area contributed by atoms with Gasteiger partial charge in [-0.3, -0.25) is 0 Å². The highest BCUT2D eigenvalue weighted by Gasteiger charge is 2.23. The zero-order chi connectivity index (χ0) is 13.5. The molecule has 1 N–H and O–H groups in total. The van der Waals surface area contributed by atoms with E-state index >= 15 is 0 Å². The standard InChI is InChI=1S/C13H17Cl2NO2/c1-3-7-16-12(13(17)18-4-2)10-8-9(14)5-6-11(10)15/h5-6,8,12,16H,3-4,7H2,1-2H3. The average Bonchev–Trinajstić information content (AvgIpc) is 2.34. The van der Waals surface area contributed by atoms with E-state index in [1.807, 2.05) is 6.92 Å². The fourth-order valence-corrected chi connectivity index (χ4v) is 1.98. The van der Waals surface area contributed by atoms with E-state index in [1.54, 1.807) is 25.1 Å². The van der Waals surface area contributed by atoms with E-state index in [0.717, 1.165) is 6.42 Å². The molecule has 0 bridgehead atoms. The Hall–Kier alpha value is -0.770. The first kappa shape index (κ1) is 15.3. The summed E-state index contributed by atoms with van der Waals surface area (Å²) < 4.78 is 5.05. The first-order chi connectivity index (χ1) is 8.60. The van der Waals surface area contributed by atoms with Crippen molar-refractivity contribution >= 4 is 29.2 Å². The van der Waals surface area contributed by atoms with Gasteiger partial charge in [0.05, 0.1) is 6.61 Å². The summed E-state index contributed by atoms with van der Waals surface area (Å²) in [4.78, 5) is 11.9. The molecule has 0 aliphatic heterocycles. The molecule has 0 saturated carbocycles. The Kier molecular flexibility index (Phi) is 6.47. The summed E-state index contributed by atoms with van der Waals surface area (Å²) >= 11 is 12.0. The molecule has 0 aromatic heterocycles. The Morgan fingerprint density at radius 1 is 1.39 bits per heavy atom. The summed E-state index contributed by atoms with van der Waals surface area (Å²) in [6.07, 6.45) is 0.911. The minimum atomic E-state index is -0.573. The number of benzene rings is 1. The van der Waals surface area contributed by atoms with Gasteiger partial charge in [-0.1, -0.05) is 30.1 Å². The molecule has 0 heterocycles. The Labute approximate surface area is 117 Å². The molecular formula is C13H17Cl2NO2. The van der Waals surface area contributed by atoms with Gasteiger partial charge in [-0.2, -0.15) is 0 Å². The minimum Gasteiger partial charge on any atom is -0.465 e. The van der Waals surface area contributed by atoms with E-state index in [0.29, 0.717) is 28.8 Å². The van der Waals surface area contributed by atoms with E-state index in [1.165, 1.54) is 0 Å². The Bertz CT molecular complexity index is 410. The largest absolute Gasteiger partial charge is 0.465 e.